The number of carbonyl (C=O) groups is 1. The quantitative estimate of drug-likeness (QED) is 0.309. The summed E-state index contributed by atoms with van der Waals surface area (Å²) in [4.78, 5) is 27.8. The van der Waals surface area contributed by atoms with Crippen molar-refractivity contribution in [2.75, 3.05) is 33.8 Å². The van der Waals surface area contributed by atoms with Crippen LogP contribution in [0.3, 0.4) is 0 Å². The molecule has 224 valence electrons. The van der Waals surface area contributed by atoms with Crippen LogP contribution in [0.25, 0.3) is 17.5 Å². The van der Waals surface area contributed by atoms with Crippen LogP contribution in [0, 0.1) is 17.1 Å². The minimum Gasteiger partial charge on any atom is -0.493 e. The highest BCUT2D eigenvalue weighted by atomic mass is 32.1. The number of carbonyl (C=O) groups excluding carboxylic acids is 1. The normalized spacial score (nSPS) is 14.5. The van der Waals surface area contributed by atoms with Gasteiger partial charge in [-0.25, -0.2) is 4.39 Å². The molecule has 0 fully saturated rings. The number of aromatic nitrogens is 1. The van der Waals surface area contributed by atoms with Gasteiger partial charge in [0.1, 0.15) is 16.3 Å². The number of ether oxygens (including phenoxy) is 4. The molecule has 0 aliphatic carbocycles. The number of hydrogen-bond acceptors (Lipinski definition) is 9. The number of para-hydroxylation sites is 1. The monoisotopic (exact) mass is 614 g/mol. The van der Waals surface area contributed by atoms with Crippen molar-refractivity contribution in [1.29, 1.82) is 5.26 Å². The van der Waals surface area contributed by atoms with E-state index in [0.29, 0.717) is 34.1 Å². The second-order valence-corrected chi connectivity index (χ2v) is 10.5. The highest BCUT2D eigenvalue weighted by Gasteiger charge is 2.36. The van der Waals surface area contributed by atoms with Crippen LogP contribution < -0.4 is 44.8 Å². The Morgan fingerprint density at radius 2 is 1.61 bits per heavy atom. The third-order valence-corrected chi connectivity index (χ3v) is 8.19. The van der Waals surface area contributed by atoms with E-state index in [0.717, 1.165) is 15.9 Å². The van der Waals surface area contributed by atoms with Crippen molar-refractivity contribution in [2.24, 2.45) is 5.73 Å². The lowest BCUT2D eigenvalue weighted by molar-refractivity contribution is -0.111. The summed E-state index contributed by atoms with van der Waals surface area (Å²) in [7, 11) is 5.96. The molecule has 12 heteroatoms. The molecular weight excluding hydrogens is 587 g/mol. The average Bonchev–Trinajstić information content (AvgIpc) is 3.36. The molecule has 5 rings (SSSR count). The summed E-state index contributed by atoms with van der Waals surface area (Å²) >= 11 is 1.02. The molecule has 1 atom stereocenters. The fourth-order valence-electron chi connectivity index (χ4n) is 4.98. The Labute approximate surface area is 255 Å². The summed E-state index contributed by atoms with van der Waals surface area (Å²) in [6, 6.07) is 17.9. The first-order valence-electron chi connectivity index (χ1n) is 13.1. The molecule has 44 heavy (non-hydrogen) atoms. The lowest BCUT2D eigenvalue weighted by Gasteiger charge is -2.26. The summed E-state index contributed by atoms with van der Waals surface area (Å²) in [5, 5.41) is 12.9. The van der Waals surface area contributed by atoms with Crippen molar-refractivity contribution in [1.82, 2.24) is 4.57 Å². The van der Waals surface area contributed by atoms with E-state index in [2.05, 4.69) is 11.4 Å². The number of hydrogen-bond donors (Lipinski definition) is 2. The Morgan fingerprint density at radius 1 is 0.977 bits per heavy atom. The van der Waals surface area contributed by atoms with Gasteiger partial charge < -0.3 is 30.0 Å². The van der Waals surface area contributed by atoms with Crippen LogP contribution >= 0.6 is 11.3 Å². The molecule has 0 spiro atoms. The number of allylic oxidation sites excluding steroid dienone is 1. The Kier molecular flexibility index (Phi) is 8.41. The van der Waals surface area contributed by atoms with Gasteiger partial charge in [0.2, 0.25) is 0 Å². The SMILES string of the molecule is COc1ccc(/C=c2\sc3n(c2=O)C(N)=C(C#N)C(c2ccc(OC)c(OC)c2)C=3C(=O)Nc2ccccc2F)cc1OC. The topological polar surface area (TPSA) is 138 Å². The summed E-state index contributed by atoms with van der Waals surface area (Å²) in [6.07, 6.45) is 1.62. The first-order chi connectivity index (χ1) is 21.3. The van der Waals surface area contributed by atoms with Gasteiger partial charge in [0, 0.05) is 0 Å². The fraction of sp³-hybridized carbons (Fsp3) is 0.156. The number of nitrogens with zero attached hydrogens (tertiary/aromatic N) is 2. The maximum Gasteiger partial charge on any atom is 0.274 e. The lowest BCUT2D eigenvalue weighted by Crippen LogP contribution is -2.40. The van der Waals surface area contributed by atoms with E-state index in [9.17, 15) is 19.2 Å². The summed E-state index contributed by atoms with van der Waals surface area (Å²) < 4.78 is 37.7. The third-order valence-electron chi connectivity index (χ3n) is 7.08. The van der Waals surface area contributed by atoms with Gasteiger partial charge in [-0.15, -0.1) is 11.3 Å². The summed E-state index contributed by atoms with van der Waals surface area (Å²) in [5.41, 5.74) is 6.98. The molecule has 1 unspecified atom stereocenters. The number of nitrogens with one attached hydrogen (secondary N) is 1. The standard InChI is InChI=1S/C32H27FN4O6S/c1-40-22-11-9-17(13-24(22)42-3)14-26-31(39)37-29(35)19(16-34)27(18-10-12-23(41-2)25(15-18)43-4)28(32(37)44-26)30(38)36-21-8-6-5-7-20(21)33/h5-15,27H,35H2,1-4H3,(H,36,38)/b26-14-. The predicted octanol–water partition coefficient (Wildman–Crippen LogP) is 3.15. The minimum atomic E-state index is -1.03. The van der Waals surface area contributed by atoms with Crippen LogP contribution in [0.2, 0.25) is 0 Å². The molecule has 3 N–H and O–H groups in total. The Hall–Kier alpha value is -5.54. The minimum absolute atomic E-state index is 0.0280. The number of nitrogens with two attached hydrogens (primary N) is 1. The van der Waals surface area contributed by atoms with Crippen LogP contribution in [0.15, 0.2) is 71.0 Å². The molecule has 0 radical (unpaired) electrons. The maximum atomic E-state index is 14.6. The Bertz CT molecular complexity index is 2040. The Morgan fingerprint density at radius 3 is 2.25 bits per heavy atom. The Balaban J connectivity index is 1.82. The van der Waals surface area contributed by atoms with Gasteiger partial charge in [0.15, 0.2) is 23.0 Å². The molecule has 1 aliphatic rings. The highest BCUT2D eigenvalue weighted by Crippen LogP contribution is 2.40. The van der Waals surface area contributed by atoms with Crippen molar-refractivity contribution >= 4 is 40.4 Å². The van der Waals surface area contributed by atoms with Gasteiger partial charge in [-0.05, 0) is 53.6 Å². The van der Waals surface area contributed by atoms with Crippen LogP contribution in [0.1, 0.15) is 17.0 Å². The van der Waals surface area contributed by atoms with Gasteiger partial charge in [0.05, 0.1) is 61.8 Å². The van der Waals surface area contributed by atoms with E-state index in [1.807, 2.05) is 0 Å². The number of thiazole rings is 1. The van der Waals surface area contributed by atoms with Crippen molar-refractivity contribution in [3.8, 4) is 29.1 Å². The number of fused-ring (bicyclic) bond motifs is 1. The average molecular weight is 615 g/mol. The van der Waals surface area contributed by atoms with Crippen molar-refractivity contribution < 1.29 is 28.1 Å². The molecule has 2 heterocycles. The van der Waals surface area contributed by atoms with E-state index in [-0.39, 0.29) is 31.8 Å². The van der Waals surface area contributed by atoms with Crippen molar-refractivity contribution in [2.45, 2.75) is 5.92 Å². The number of amides is 1. The van der Waals surface area contributed by atoms with Crippen LogP contribution in [0.4, 0.5) is 10.1 Å². The number of rotatable bonds is 8. The molecule has 0 saturated heterocycles. The van der Waals surface area contributed by atoms with Gasteiger partial charge in [-0.2, -0.15) is 5.26 Å². The van der Waals surface area contributed by atoms with Gasteiger partial charge in [0.25, 0.3) is 11.5 Å². The lowest BCUT2D eigenvalue weighted by atomic mass is 9.83. The second kappa shape index (κ2) is 12.4. The highest BCUT2D eigenvalue weighted by molar-refractivity contribution is 7.07. The van der Waals surface area contributed by atoms with Crippen LogP contribution in [-0.2, 0) is 4.79 Å². The number of nitriles is 1. The predicted molar refractivity (Wildman–Crippen MR) is 165 cm³/mol. The molecular formula is C32H27FN4O6S. The number of halogens is 1. The fourth-order valence-corrected chi connectivity index (χ4v) is 6.15. The number of anilines is 1. The molecule has 0 bridgehead atoms. The molecule has 1 aromatic heterocycles. The van der Waals surface area contributed by atoms with E-state index in [4.69, 9.17) is 24.7 Å². The molecule has 3 aromatic carbocycles. The first-order valence-corrected chi connectivity index (χ1v) is 14.0. The van der Waals surface area contributed by atoms with E-state index in [1.165, 1.54) is 46.6 Å². The summed E-state index contributed by atoms with van der Waals surface area (Å²) in [6.45, 7) is 0. The van der Waals surface area contributed by atoms with Gasteiger partial charge in [-0.3, -0.25) is 14.2 Å². The smallest absolute Gasteiger partial charge is 0.274 e. The largest absolute Gasteiger partial charge is 0.493 e. The van der Waals surface area contributed by atoms with E-state index < -0.39 is 23.2 Å². The molecule has 0 saturated carbocycles. The van der Waals surface area contributed by atoms with Crippen LogP contribution in [0.5, 0.6) is 23.0 Å². The molecule has 1 amide bonds. The van der Waals surface area contributed by atoms with Gasteiger partial charge in [-0.1, -0.05) is 24.3 Å². The molecule has 10 nitrogen and oxygen atoms in total. The van der Waals surface area contributed by atoms with E-state index in [1.54, 1.807) is 48.5 Å². The molecule has 4 aromatic rings. The molecule has 1 aliphatic heterocycles. The first kappa shape index (κ1) is 29.9. The third kappa shape index (κ3) is 5.25. The van der Waals surface area contributed by atoms with Gasteiger partial charge >= 0.3 is 0 Å². The van der Waals surface area contributed by atoms with Crippen molar-refractivity contribution in [3.05, 3.63) is 103 Å². The second-order valence-electron chi connectivity index (χ2n) is 9.48. The van der Waals surface area contributed by atoms with E-state index >= 15 is 0 Å². The zero-order valence-electron chi connectivity index (χ0n) is 24.1. The summed E-state index contributed by atoms with van der Waals surface area (Å²) in [5.74, 6) is -0.776. The zero-order valence-corrected chi connectivity index (χ0v) is 25.0. The maximum absolute atomic E-state index is 14.6. The van der Waals surface area contributed by atoms with Crippen molar-refractivity contribution in [3.63, 3.8) is 0 Å². The van der Waals surface area contributed by atoms with Crippen LogP contribution in [-0.4, -0.2) is 38.9 Å². The number of benzene rings is 3. The number of methoxy groups -OCH3 is 4. The zero-order chi connectivity index (χ0) is 31.5.